The van der Waals surface area contributed by atoms with E-state index in [1.807, 2.05) is 13.8 Å². The van der Waals surface area contributed by atoms with Gasteiger partial charge in [0.05, 0.1) is 4.90 Å². The maximum atomic E-state index is 13.6. The average Bonchev–Trinajstić information content (AvgIpc) is 3.22. The van der Waals surface area contributed by atoms with Crippen LogP contribution >= 0.6 is 0 Å². The number of ether oxygens (including phenoxy) is 2. The van der Waals surface area contributed by atoms with Crippen LogP contribution in [-0.4, -0.2) is 52.7 Å². The van der Waals surface area contributed by atoms with E-state index in [1.54, 1.807) is 6.92 Å². The van der Waals surface area contributed by atoms with Crippen LogP contribution in [0.1, 0.15) is 25.8 Å². The summed E-state index contributed by atoms with van der Waals surface area (Å²) in [7, 11) is -8.11. The van der Waals surface area contributed by atoms with Crippen LogP contribution in [0.4, 0.5) is 13.2 Å². The van der Waals surface area contributed by atoms with Gasteiger partial charge in [0.25, 0.3) is 10.0 Å². The second-order valence-corrected chi connectivity index (χ2v) is 11.8. The smallest absolute Gasteiger partial charge is 0.357 e. The summed E-state index contributed by atoms with van der Waals surface area (Å²) in [5.74, 6) is -3.56. The Labute approximate surface area is 191 Å². The van der Waals surface area contributed by atoms with Crippen molar-refractivity contribution in [3.8, 4) is 0 Å². The van der Waals surface area contributed by atoms with Crippen molar-refractivity contribution in [2.45, 2.75) is 49.4 Å². The van der Waals surface area contributed by atoms with E-state index in [9.17, 15) is 30.0 Å². The molecule has 0 radical (unpaired) electrons. The molecule has 8 nitrogen and oxygen atoms in total. The van der Waals surface area contributed by atoms with Crippen molar-refractivity contribution in [1.29, 1.82) is 0 Å². The first-order valence-corrected chi connectivity index (χ1v) is 12.9. The molecule has 2 aliphatic rings. The number of halogens is 3. The molecule has 1 aromatic carbocycles. The normalized spacial score (nSPS) is 25.3. The van der Waals surface area contributed by atoms with Crippen LogP contribution in [-0.2, 0) is 33.8 Å². The average molecular weight is 514 g/mol. The molecule has 33 heavy (non-hydrogen) atoms. The summed E-state index contributed by atoms with van der Waals surface area (Å²) in [5.41, 5.74) is -4.99. The van der Waals surface area contributed by atoms with Crippen molar-refractivity contribution < 1.29 is 43.7 Å². The molecule has 0 saturated heterocycles. The number of rotatable bonds is 7. The minimum Gasteiger partial charge on any atom is -0.357 e. The number of nitrogens with zero attached hydrogens (tertiary/aromatic N) is 1. The topological polar surface area (TPSA) is 99.2 Å². The summed E-state index contributed by atoms with van der Waals surface area (Å²) < 4.78 is 106. The van der Waals surface area contributed by atoms with Gasteiger partial charge in [0.15, 0.2) is 5.79 Å². The van der Waals surface area contributed by atoms with Gasteiger partial charge < -0.3 is 13.7 Å². The number of methoxy groups -OCH3 is 2. The van der Waals surface area contributed by atoms with Crippen molar-refractivity contribution in [2.75, 3.05) is 14.2 Å². The highest BCUT2D eigenvalue weighted by Crippen LogP contribution is 2.54. The highest BCUT2D eigenvalue weighted by molar-refractivity contribution is 7.89. The van der Waals surface area contributed by atoms with E-state index < -0.39 is 49.3 Å². The Bertz CT molecular complexity index is 1130. The van der Waals surface area contributed by atoms with Gasteiger partial charge in [0.2, 0.25) is 5.88 Å². The van der Waals surface area contributed by atoms with E-state index >= 15 is 0 Å². The molecule has 1 aromatic rings. The monoisotopic (exact) mass is 513 g/mol. The Balaban J connectivity index is 2.22. The third-order valence-corrected chi connectivity index (χ3v) is 8.99. The van der Waals surface area contributed by atoms with Crippen LogP contribution in [0.2, 0.25) is 0 Å². The molecule has 0 aromatic heterocycles. The van der Waals surface area contributed by atoms with Crippen LogP contribution in [0.25, 0.3) is 0 Å². The number of fused-ring (bicyclic) bond motifs is 1. The van der Waals surface area contributed by atoms with Crippen molar-refractivity contribution >= 4 is 20.1 Å². The number of aryl methyl sites for hydroxylation is 1. The Morgan fingerprint density at radius 3 is 2.06 bits per heavy atom. The maximum absolute atomic E-state index is 13.6. The molecular weight excluding hydrogens is 487 g/mol. The lowest BCUT2D eigenvalue weighted by Gasteiger charge is -2.38. The van der Waals surface area contributed by atoms with Gasteiger partial charge in [-0.3, -0.25) is 0 Å². The van der Waals surface area contributed by atoms with Gasteiger partial charge in [-0.05, 0) is 37.0 Å². The van der Waals surface area contributed by atoms with Gasteiger partial charge in [0.1, 0.15) is 6.04 Å². The zero-order valence-corrected chi connectivity index (χ0v) is 20.3. The molecular formula is C20H26F3NO7S2. The summed E-state index contributed by atoms with van der Waals surface area (Å²) in [6, 6.07) is 4.41. The lowest BCUT2D eigenvalue weighted by atomic mass is 9.86. The molecule has 13 heteroatoms. The fraction of sp³-hybridized carbons (Fsp3) is 0.600. The van der Waals surface area contributed by atoms with E-state index in [-0.39, 0.29) is 23.2 Å². The maximum Gasteiger partial charge on any atom is 0.534 e. The molecule has 0 spiro atoms. The minimum atomic E-state index is -6.14. The summed E-state index contributed by atoms with van der Waals surface area (Å²) in [6.45, 7) is 5.46. The standard InChI is InChI=1S/C20H26F3NO7S2/c1-12(2)16-11-19(29-4,30-5)18-15(16)10-17(31-33(27,28)20(21,22)23)24(18)32(25,26)14-8-6-13(3)7-9-14/h6-10,12,15-16,18H,11H2,1-5H3/t15-,16-,18-/m1/s1. The fourth-order valence-electron chi connectivity index (χ4n) is 4.53. The molecule has 1 aliphatic heterocycles. The van der Waals surface area contributed by atoms with Gasteiger partial charge in [-0.15, -0.1) is 0 Å². The molecule has 0 N–H and O–H groups in total. The molecule has 3 atom stereocenters. The molecule has 1 fully saturated rings. The molecule has 1 aliphatic carbocycles. The van der Waals surface area contributed by atoms with Crippen LogP contribution in [0.15, 0.2) is 41.1 Å². The van der Waals surface area contributed by atoms with Crippen molar-refractivity contribution in [1.82, 2.24) is 4.31 Å². The number of benzene rings is 1. The number of hydrogen-bond acceptors (Lipinski definition) is 7. The number of hydrogen-bond donors (Lipinski definition) is 0. The lowest BCUT2D eigenvalue weighted by molar-refractivity contribution is -0.225. The molecule has 0 unspecified atom stereocenters. The third-order valence-electron chi connectivity index (χ3n) is 6.24. The predicted octanol–water partition coefficient (Wildman–Crippen LogP) is 3.36. The molecule has 1 heterocycles. The Morgan fingerprint density at radius 1 is 1.06 bits per heavy atom. The molecule has 1 saturated carbocycles. The molecule has 0 bridgehead atoms. The summed E-state index contributed by atoms with van der Waals surface area (Å²) in [4.78, 5) is -0.248. The minimum absolute atomic E-state index is 0.0524. The summed E-state index contributed by atoms with van der Waals surface area (Å²) in [5, 5.41) is 0. The molecule has 186 valence electrons. The Morgan fingerprint density at radius 2 is 1.61 bits per heavy atom. The quantitative estimate of drug-likeness (QED) is 0.313. The largest absolute Gasteiger partial charge is 0.534 e. The number of sulfonamides is 1. The Kier molecular flexibility index (Phi) is 6.59. The van der Waals surface area contributed by atoms with E-state index in [1.165, 1.54) is 38.5 Å². The van der Waals surface area contributed by atoms with E-state index in [0.717, 1.165) is 11.6 Å². The number of alkyl halides is 3. The van der Waals surface area contributed by atoms with Crippen LogP contribution in [0.5, 0.6) is 0 Å². The third kappa shape index (κ3) is 4.24. The first-order valence-electron chi connectivity index (χ1n) is 10.1. The van der Waals surface area contributed by atoms with Crippen molar-refractivity contribution in [3.05, 3.63) is 41.8 Å². The predicted molar refractivity (Wildman–Crippen MR) is 111 cm³/mol. The Hall–Kier alpha value is -1.83. The van der Waals surface area contributed by atoms with Gasteiger partial charge in [0, 0.05) is 26.6 Å². The van der Waals surface area contributed by atoms with Crippen LogP contribution in [0.3, 0.4) is 0 Å². The van der Waals surface area contributed by atoms with Gasteiger partial charge >= 0.3 is 15.6 Å². The van der Waals surface area contributed by atoms with Gasteiger partial charge in [-0.2, -0.15) is 21.6 Å². The highest BCUT2D eigenvalue weighted by atomic mass is 32.2. The van der Waals surface area contributed by atoms with E-state index in [0.29, 0.717) is 4.31 Å². The van der Waals surface area contributed by atoms with E-state index in [4.69, 9.17) is 9.47 Å². The molecule has 0 amide bonds. The van der Waals surface area contributed by atoms with Gasteiger partial charge in [-0.1, -0.05) is 31.5 Å². The summed E-state index contributed by atoms with van der Waals surface area (Å²) in [6.07, 6.45) is 1.35. The first kappa shape index (κ1) is 25.8. The second kappa shape index (κ2) is 8.43. The SMILES string of the molecule is COC1(OC)C[C@H](C(C)C)[C@H]2C=C(OS(=O)(=O)C(F)(F)F)N(S(=O)(=O)c3ccc(C)cc3)[C@H]21. The van der Waals surface area contributed by atoms with E-state index in [2.05, 4.69) is 4.18 Å². The fourth-order valence-corrected chi connectivity index (χ4v) is 6.67. The highest BCUT2D eigenvalue weighted by Gasteiger charge is 2.64. The lowest BCUT2D eigenvalue weighted by Crippen LogP contribution is -2.53. The molecule has 3 rings (SSSR count). The first-order chi connectivity index (χ1) is 15.1. The zero-order chi connectivity index (χ0) is 25.0. The van der Waals surface area contributed by atoms with Crippen LogP contribution < -0.4 is 0 Å². The van der Waals surface area contributed by atoms with Crippen molar-refractivity contribution in [3.63, 3.8) is 0 Å². The van der Waals surface area contributed by atoms with Gasteiger partial charge in [-0.25, -0.2) is 12.7 Å². The van der Waals surface area contributed by atoms with Crippen LogP contribution in [0, 0.1) is 24.7 Å². The zero-order valence-electron chi connectivity index (χ0n) is 18.7. The van der Waals surface area contributed by atoms with Crippen molar-refractivity contribution in [2.24, 2.45) is 17.8 Å². The summed E-state index contributed by atoms with van der Waals surface area (Å²) >= 11 is 0. The second-order valence-electron chi connectivity index (χ2n) is 8.46.